The number of benzene rings is 2. The predicted molar refractivity (Wildman–Crippen MR) is 102 cm³/mol. The van der Waals surface area contributed by atoms with Crippen LogP contribution in [-0.4, -0.2) is 23.3 Å². The van der Waals surface area contributed by atoms with Crippen molar-refractivity contribution in [2.75, 3.05) is 11.9 Å². The van der Waals surface area contributed by atoms with Gasteiger partial charge in [0.15, 0.2) is 0 Å². The largest absolute Gasteiger partial charge is 0.338 e. The average molecular weight is 379 g/mol. The third-order valence-electron chi connectivity index (χ3n) is 3.91. The number of rotatable bonds is 6. The molecule has 2 rings (SSSR count). The minimum absolute atomic E-state index is 0.105. The topological polar surface area (TPSA) is 49.4 Å². The molecule has 0 spiro atoms. The zero-order chi connectivity index (χ0) is 18.4. The van der Waals surface area contributed by atoms with E-state index < -0.39 is 0 Å². The Balaban J connectivity index is 1.96. The highest BCUT2D eigenvalue weighted by molar-refractivity contribution is 6.32. The Labute approximate surface area is 157 Å². The second-order valence-corrected chi connectivity index (χ2v) is 6.56. The highest BCUT2D eigenvalue weighted by Gasteiger charge is 2.14. The second kappa shape index (κ2) is 8.88. The van der Waals surface area contributed by atoms with Crippen LogP contribution in [0, 0.1) is 6.92 Å². The minimum atomic E-state index is -0.171. The van der Waals surface area contributed by atoms with E-state index in [1.165, 1.54) is 6.92 Å². The van der Waals surface area contributed by atoms with Crippen LogP contribution in [0.1, 0.15) is 24.5 Å². The molecule has 0 aliphatic rings. The first-order valence-corrected chi connectivity index (χ1v) is 8.68. The number of amides is 2. The number of anilines is 1. The summed E-state index contributed by atoms with van der Waals surface area (Å²) in [5, 5.41) is 4.04. The van der Waals surface area contributed by atoms with Gasteiger partial charge in [0, 0.05) is 42.2 Å². The van der Waals surface area contributed by atoms with Crippen LogP contribution in [0.15, 0.2) is 42.5 Å². The van der Waals surface area contributed by atoms with Gasteiger partial charge in [-0.2, -0.15) is 0 Å². The number of nitrogens with one attached hydrogen (secondary N) is 1. The van der Waals surface area contributed by atoms with Gasteiger partial charge < -0.3 is 10.2 Å². The molecule has 0 atom stereocenters. The van der Waals surface area contributed by atoms with Gasteiger partial charge in [0.05, 0.1) is 0 Å². The molecule has 0 bridgehead atoms. The summed E-state index contributed by atoms with van der Waals surface area (Å²) in [5.74, 6) is -0.276. The smallest absolute Gasteiger partial charge is 0.226 e. The number of carbonyl (C=O) groups excluding carboxylic acids is 2. The van der Waals surface area contributed by atoms with E-state index >= 15 is 0 Å². The lowest BCUT2D eigenvalue weighted by Gasteiger charge is -2.21. The van der Waals surface area contributed by atoms with Gasteiger partial charge in [0.1, 0.15) is 0 Å². The normalized spacial score (nSPS) is 10.4. The summed E-state index contributed by atoms with van der Waals surface area (Å²) in [5.41, 5.74) is 2.35. The van der Waals surface area contributed by atoms with Gasteiger partial charge in [-0.25, -0.2) is 0 Å². The second-order valence-electron chi connectivity index (χ2n) is 5.74. The molecule has 132 valence electrons. The van der Waals surface area contributed by atoms with Crippen molar-refractivity contribution in [1.82, 2.24) is 4.90 Å². The summed E-state index contributed by atoms with van der Waals surface area (Å²) >= 11 is 12.2. The standard InChI is InChI=1S/C19H20Cl2N2O2/c1-13-16(20)8-5-9-18(13)22-19(25)10-11-23(14(2)24)12-15-6-3-4-7-17(15)21/h3-9H,10-12H2,1-2H3,(H,22,25). The van der Waals surface area contributed by atoms with Crippen LogP contribution < -0.4 is 5.32 Å². The Hall–Kier alpha value is -2.04. The molecular weight excluding hydrogens is 359 g/mol. The molecule has 0 saturated carbocycles. The number of nitrogens with zero attached hydrogens (tertiary/aromatic N) is 1. The van der Waals surface area contributed by atoms with E-state index in [0.717, 1.165) is 11.1 Å². The van der Waals surface area contributed by atoms with Crippen LogP contribution >= 0.6 is 23.2 Å². The Morgan fingerprint density at radius 2 is 1.72 bits per heavy atom. The first-order chi connectivity index (χ1) is 11.9. The maximum atomic E-state index is 12.2. The Bertz CT molecular complexity index is 778. The van der Waals surface area contributed by atoms with Crippen LogP contribution in [-0.2, 0) is 16.1 Å². The SMILES string of the molecule is CC(=O)N(CCC(=O)Nc1cccc(Cl)c1C)Cc1ccccc1Cl. The van der Waals surface area contributed by atoms with Crippen molar-refractivity contribution in [3.63, 3.8) is 0 Å². The summed E-state index contributed by atoms with van der Waals surface area (Å²) in [4.78, 5) is 25.7. The summed E-state index contributed by atoms with van der Waals surface area (Å²) < 4.78 is 0. The maximum absolute atomic E-state index is 12.2. The van der Waals surface area contributed by atoms with E-state index in [1.807, 2.05) is 25.1 Å². The zero-order valence-corrected chi connectivity index (χ0v) is 15.7. The van der Waals surface area contributed by atoms with Gasteiger partial charge in [-0.15, -0.1) is 0 Å². The van der Waals surface area contributed by atoms with Crippen molar-refractivity contribution in [1.29, 1.82) is 0 Å². The number of hydrogen-bond acceptors (Lipinski definition) is 2. The molecule has 2 aromatic rings. The molecule has 0 aliphatic carbocycles. The summed E-state index contributed by atoms with van der Waals surface area (Å²) in [6.07, 6.45) is 0.190. The van der Waals surface area contributed by atoms with Gasteiger partial charge >= 0.3 is 0 Å². The molecule has 0 fully saturated rings. The third-order valence-corrected chi connectivity index (χ3v) is 4.69. The summed E-state index contributed by atoms with van der Waals surface area (Å²) in [7, 11) is 0. The quantitative estimate of drug-likeness (QED) is 0.792. The molecule has 0 unspecified atom stereocenters. The average Bonchev–Trinajstić information content (AvgIpc) is 2.57. The monoisotopic (exact) mass is 378 g/mol. The molecule has 2 aromatic carbocycles. The number of hydrogen-bond donors (Lipinski definition) is 1. The minimum Gasteiger partial charge on any atom is -0.338 e. The van der Waals surface area contributed by atoms with Crippen LogP contribution in [0.25, 0.3) is 0 Å². The van der Waals surface area contributed by atoms with Crippen LogP contribution in [0.2, 0.25) is 10.0 Å². The van der Waals surface area contributed by atoms with Crippen molar-refractivity contribution in [3.8, 4) is 0 Å². The Kier molecular flexibility index (Phi) is 6.85. The van der Waals surface area contributed by atoms with Gasteiger partial charge in [-0.05, 0) is 36.2 Å². The Morgan fingerprint density at radius 1 is 1.04 bits per heavy atom. The first-order valence-electron chi connectivity index (χ1n) is 7.92. The molecule has 0 saturated heterocycles. The Morgan fingerprint density at radius 3 is 2.40 bits per heavy atom. The molecule has 6 heteroatoms. The maximum Gasteiger partial charge on any atom is 0.226 e. The fourth-order valence-electron chi connectivity index (χ4n) is 2.37. The van der Waals surface area contributed by atoms with Crippen LogP contribution in [0.5, 0.6) is 0 Å². The fourth-order valence-corrected chi connectivity index (χ4v) is 2.74. The molecule has 0 heterocycles. The van der Waals surface area contributed by atoms with Crippen molar-refractivity contribution < 1.29 is 9.59 Å². The lowest BCUT2D eigenvalue weighted by Crippen LogP contribution is -2.31. The lowest BCUT2D eigenvalue weighted by atomic mass is 10.2. The van der Waals surface area contributed by atoms with E-state index in [1.54, 1.807) is 29.2 Å². The van der Waals surface area contributed by atoms with E-state index in [9.17, 15) is 9.59 Å². The molecular formula is C19H20Cl2N2O2. The van der Waals surface area contributed by atoms with Crippen molar-refractivity contribution >= 4 is 40.7 Å². The summed E-state index contributed by atoms with van der Waals surface area (Å²) in [6, 6.07) is 12.7. The van der Waals surface area contributed by atoms with Crippen molar-refractivity contribution in [2.45, 2.75) is 26.8 Å². The van der Waals surface area contributed by atoms with Crippen molar-refractivity contribution in [3.05, 3.63) is 63.6 Å². The molecule has 0 aliphatic heterocycles. The molecule has 1 N–H and O–H groups in total. The zero-order valence-electron chi connectivity index (χ0n) is 14.2. The predicted octanol–water partition coefficient (Wildman–Crippen LogP) is 4.68. The lowest BCUT2D eigenvalue weighted by molar-refractivity contribution is -0.129. The molecule has 4 nitrogen and oxygen atoms in total. The van der Waals surface area contributed by atoms with Gasteiger partial charge in [-0.3, -0.25) is 9.59 Å². The molecule has 0 radical (unpaired) electrons. The van der Waals surface area contributed by atoms with Crippen molar-refractivity contribution in [2.24, 2.45) is 0 Å². The van der Waals surface area contributed by atoms with Crippen LogP contribution in [0.3, 0.4) is 0 Å². The van der Waals surface area contributed by atoms with Gasteiger partial charge in [-0.1, -0.05) is 47.5 Å². The van der Waals surface area contributed by atoms with Gasteiger partial charge in [0.25, 0.3) is 0 Å². The van der Waals surface area contributed by atoms with E-state index in [4.69, 9.17) is 23.2 Å². The van der Waals surface area contributed by atoms with E-state index in [2.05, 4.69) is 5.32 Å². The highest BCUT2D eigenvalue weighted by atomic mass is 35.5. The number of halogens is 2. The molecule has 25 heavy (non-hydrogen) atoms. The molecule has 2 amide bonds. The number of carbonyl (C=O) groups is 2. The first kappa shape index (κ1) is 19.3. The molecule has 0 aromatic heterocycles. The fraction of sp³-hybridized carbons (Fsp3) is 0.263. The summed E-state index contributed by atoms with van der Waals surface area (Å²) in [6.45, 7) is 4.01. The third kappa shape index (κ3) is 5.48. The van der Waals surface area contributed by atoms with E-state index in [-0.39, 0.29) is 18.2 Å². The van der Waals surface area contributed by atoms with Gasteiger partial charge in [0.2, 0.25) is 11.8 Å². The van der Waals surface area contributed by atoms with E-state index in [0.29, 0.717) is 28.8 Å². The highest BCUT2D eigenvalue weighted by Crippen LogP contribution is 2.23. The van der Waals surface area contributed by atoms with Crippen LogP contribution in [0.4, 0.5) is 5.69 Å².